The molecule has 0 saturated heterocycles. The molecule has 1 heterocycles. The predicted octanol–water partition coefficient (Wildman–Crippen LogP) is 4.42. The molecule has 0 spiro atoms. The molecule has 2 N–H and O–H groups in total. The molecule has 3 nitrogen and oxygen atoms in total. The van der Waals surface area contributed by atoms with Gasteiger partial charge in [0.1, 0.15) is 0 Å². The molecule has 0 aliphatic rings. The summed E-state index contributed by atoms with van der Waals surface area (Å²) in [5, 5.41) is 13.6. The molecule has 3 heteroatoms. The predicted molar refractivity (Wildman–Crippen MR) is 106 cm³/mol. The highest BCUT2D eigenvalue weighted by Gasteiger charge is 2.25. The van der Waals surface area contributed by atoms with Crippen LogP contribution < -0.4 is 5.32 Å². The van der Waals surface area contributed by atoms with Gasteiger partial charge >= 0.3 is 0 Å². The van der Waals surface area contributed by atoms with Gasteiger partial charge in [-0.25, -0.2) is 0 Å². The van der Waals surface area contributed by atoms with Gasteiger partial charge < -0.3 is 10.4 Å². The number of hydrogen-bond acceptors (Lipinski definition) is 3. The van der Waals surface area contributed by atoms with Gasteiger partial charge in [-0.05, 0) is 22.8 Å². The van der Waals surface area contributed by atoms with E-state index in [2.05, 4.69) is 35.1 Å². The van der Waals surface area contributed by atoms with Gasteiger partial charge in [0.2, 0.25) is 0 Å². The van der Waals surface area contributed by atoms with Gasteiger partial charge in [0.05, 0.1) is 12.6 Å². The minimum atomic E-state index is -0.174. The molecule has 3 aromatic rings. The third-order valence-corrected chi connectivity index (χ3v) is 4.61. The van der Waals surface area contributed by atoms with Crippen LogP contribution in [0.2, 0.25) is 0 Å². The Balaban J connectivity index is 1.97. The monoisotopic (exact) mass is 344 g/mol. The summed E-state index contributed by atoms with van der Waals surface area (Å²) >= 11 is 0. The van der Waals surface area contributed by atoms with Crippen LogP contribution in [-0.4, -0.2) is 16.7 Å². The zero-order chi connectivity index (χ0) is 18.2. The van der Waals surface area contributed by atoms with E-state index in [9.17, 15) is 5.11 Å². The Bertz CT molecular complexity index is 790. The van der Waals surface area contributed by atoms with Crippen LogP contribution in [0, 0.1) is 0 Å². The molecule has 0 aliphatic carbocycles. The number of aliphatic hydroxyl groups excluding tert-OH is 1. The maximum atomic E-state index is 10.00. The fraction of sp³-hybridized carbons (Fsp3) is 0.174. The summed E-state index contributed by atoms with van der Waals surface area (Å²) in [5.41, 5.74) is 3.30. The van der Waals surface area contributed by atoms with E-state index in [4.69, 9.17) is 0 Å². The molecule has 0 fully saturated rings. The highest BCUT2D eigenvalue weighted by Crippen LogP contribution is 2.33. The van der Waals surface area contributed by atoms with Crippen LogP contribution in [0.15, 0.2) is 97.8 Å². The minimum Gasteiger partial charge on any atom is -0.394 e. The number of pyridine rings is 1. The zero-order valence-electron chi connectivity index (χ0n) is 14.7. The summed E-state index contributed by atoms with van der Waals surface area (Å²) in [5.74, 6) is 0.0539. The number of nitrogens with zero attached hydrogens (tertiary/aromatic N) is 1. The summed E-state index contributed by atoms with van der Waals surface area (Å²) < 4.78 is 0. The fourth-order valence-electron chi connectivity index (χ4n) is 3.26. The summed E-state index contributed by atoms with van der Waals surface area (Å²) in [6.07, 6.45) is 5.60. The van der Waals surface area contributed by atoms with Gasteiger partial charge in [0.15, 0.2) is 0 Å². The van der Waals surface area contributed by atoms with Crippen LogP contribution in [0.1, 0.15) is 34.7 Å². The second-order valence-electron chi connectivity index (χ2n) is 6.25. The molecule has 0 aliphatic heterocycles. The van der Waals surface area contributed by atoms with Crippen molar-refractivity contribution in [2.45, 2.75) is 18.0 Å². The summed E-state index contributed by atoms with van der Waals surface area (Å²) in [6, 6.07) is 24.1. The number of aromatic nitrogens is 1. The topological polar surface area (TPSA) is 45.1 Å². The number of benzene rings is 2. The quantitative estimate of drug-likeness (QED) is 0.595. The third kappa shape index (κ3) is 4.26. The maximum absolute atomic E-state index is 10.00. The van der Waals surface area contributed by atoms with Gasteiger partial charge in [-0.15, -0.1) is 6.58 Å². The lowest BCUT2D eigenvalue weighted by Gasteiger charge is -2.30. The van der Waals surface area contributed by atoms with E-state index < -0.39 is 0 Å². The molecule has 0 radical (unpaired) electrons. The lowest BCUT2D eigenvalue weighted by molar-refractivity contribution is 0.229. The standard InChI is InChI=1S/C23H24N2O/c1-2-21(18-10-5-3-6-11-18)23(20-14-9-15-24-16-20)25-22(17-26)19-12-7-4-8-13-19/h2-16,21-23,25-26H,1,17H2/t21-,22+,23+/m1/s1. The first-order chi connectivity index (χ1) is 12.8. The number of aliphatic hydroxyl groups is 1. The van der Waals surface area contributed by atoms with Crippen molar-refractivity contribution in [1.29, 1.82) is 0 Å². The molecular formula is C23H24N2O. The van der Waals surface area contributed by atoms with Gasteiger partial charge in [-0.1, -0.05) is 72.8 Å². The molecule has 3 atom stereocenters. The first kappa shape index (κ1) is 18.1. The van der Waals surface area contributed by atoms with E-state index in [-0.39, 0.29) is 24.6 Å². The van der Waals surface area contributed by atoms with E-state index in [1.54, 1.807) is 6.20 Å². The number of rotatable bonds is 8. The van der Waals surface area contributed by atoms with Gasteiger partial charge in [0, 0.05) is 24.4 Å². The van der Waals surface area contributed by atoms with Crippen molar-refractivity contribution in [2.24, 2.45) is 0 Å². The molecule has 3 rings (SSSR count). The summed E-state index contributed by atoms with van der Waals surface area (Å²) in [6.45, 7) is 4.08. The Labute approximate surface area is 155 Å². The first-order valence-electron chi connectivity index (χ1n) is 8.82. The largest absolute Gasteiger partial charge is 0.394 e. The molecular weight excluding hydrogens is 320 g/mol. The molecule has 26 heavy (non-hydrogen) atoms. The average molecular weight is 344 g/mol. The van der Waals surface area contributed by atoms with Crippen LogP contribution in [0.5, 0.6) is 0 Å². The van der Waals surface area contributed by atoms with Crippen molar-refractivity contribution in [3.8, 4) is 0 Å². The smallest absolute Gasteiger partial charge is 0.0626 e. The van der Waals surface area contributed by atoms with Crippen LogP contribution in [0.3, 0.4) is 0 Å². The number of nitrogens with one attached hydrogen (secondary N) is 1. The fourth-order valence-corrected chi connectivity index (χ4v) is 3.26. The molecule has 1 aromatic heterocycles. The van der Waals surface area contributed by atoms with Crippen LogP contribution in [0.25, 0.3) is 0 Å². The van der Waals surface area contributed by atoms with E-state index in [0.717, 1.165) is 11.1 Å². The molecule has 0 amide bonds. The highest BCUT2D eigenvalue weighted by molar-refractivity contribution is 5.31. The average Bonchev–Trinajstić information content (AvgIpc) is 2.73. The number of hydrogen-bond donors (Lipinski definition) is 2. The first-order valence-corrected chi connectivity index (χ1v) is 8.82. The third-order valence-electron chi connectivity index (χ3n) is 4.61. The van der Waals surface area contributed by atoms with E-state index in [1.165, 1.54) is 5.56 Å². The molecule has 2 aromatic carbocycles. The Kier molecular flexibility index (Phi) is 6.31. The second-order valence-corrected chi connectivity index (χ2v) is 6.25. The normalized spacial score (nSPS) is 14.3. The Morgan fingerprint density at radius 2 is 1.50 bits per heavy atom. The van der Waals surface area contributed by atoms with Crippen LogP contribution in [-0.2, 0) is 0 Å². The van der Waals surface area contributed by atoms with Crippen molar-refractivity contribution in [1.82, 2.24) is 10.3 Å². The molecule has 0 saturated carbocycles. The molecule has 0 bridgehead atoms. The van der Waals surface area contributed by atoms with E-state index in [0.29, 0.717) is 0 Å². The van der Waals surface area contributed by atoms with Crippen molar-refractivity contribution in [2.75, 3.05) is 6.61 Å². The maximum Gasteiger partial charge on any atom is 0.0626 e. The lowest BCUT2D eigenvalue weighted by atomic mass is 9.86. The molecule has 132 valence electrons. The van der Waals surface area contributed by atoms with Gasteiger partial charge in [-0.2, -0.15) is 0 Å². The van der Waals surface area contributed by atoms with Crippen molar-refractivity contribution >= 4 is 0 Å². The SMILES string of the molecule is C=C[C@H](c1ccccc1)[C@@H](N[C@@H](CO)c1ccccc1)c1cccnc1. The van der Waals surface area contributed by atoms with E-state index >= 15 is 0 Å². The Morgan fingerprint density at radius 1 is 0.885 bits per heavy atom. The van der Waals surface area contributed by atoms with E-state index in [1.807, 2.05) is 66.9 Å². The van der Waals surface area contributed by atoms with Crippen LogP contribution in [0.4, 0.5) is 0 Å². The van der Waals surface area contributed by atoms with Gasteiger partial charge in [0.25, 0.3) is 0 Å². The van der Waals surface area contributed by atoms with Crippen molar-refractivity contribution in [3.05, 3.63) is 115 Å². The van der Waals surface area contributed by atoms with Crippen LogP contribution >= 0.6 is 0 Å². The highest BCUT2D eigenvalue weighted by atomic mass is 16.3. The summed E-state index contributed by atoms with van der Waals surface area (Å²) in [4.78, 5) is 4.29. The zero-order valence-corrected chi connectivity index (χ0v) is 14.7. The Morgan fingerprint density at radius 3 is 2.04 bits per heavy atom. The Hall–Kier alpha value is -2.75. The lowest BCUT2D eigenvalue weighted by Crippen LogP contribution is -2.32. The van der Waals surface area contributed by atoms with Crippen molar-refractivity contribution in [3.63, 3.8) is 0 Å². The second kappa shape index (κ2) is 9.09. The minimum absolute atomic E-state index is 0.0133. The summed E-state index contributed by atoms with van der Waals surface area (Å²) in [7, 11) is 0. The van der Waals surface area contributed by atoms with Gasteiger partial charge in [-0.3, -0.25) is 4.98 Å². The molecule has 0 unspecified atom stereocenters. The van der Waals surface area contributed by atoms with Crippen molar-refractivity contribution < 1.29 is 5.11 Å².